The third-order valence-corrected chi connectivity index (χ3v) is 6.38. The van der Waals surface area contributed by atoms with Crippen LogP contribution in [0.25, 0.3) is 0 Å². The van der Waals surface area contributed by atoms with Gasteiger partial charge < -0.3 is 20.7 Å². The van der Waals surface area contributed by atoms with Crippen molar-refractivity contribution in [1.82, 2.24) is 15.1 Å². The molecular formula is C25H30ClFN4O4. The van der Waals surface area contributed by atoms with E-state index in [0.29, 0.717) is 37.5 Å². The Morgan fingerprint density at radius 2 is 1.77 bits per heavy atom. The van der Waals surface area contributed by atoms with E-state index in [1.54, 1.807) is 36.2 Å². The van der Waals surface area contributed by atoms with Crippen LogP contribution in [0.4, 0.5) is 9.18 Å². The number of piperazine rings is 1. The first kappa shape index (κ1) is 26.4. The fourth-order valence-electron chi connectivity index (χ4n) is 4.26. The Kier molecular flexibility index (Phi) is 9.45. The molecule has 10 heteroatoms. The highest BCUT2D eigenvalue weighted by atomic mass is 35.5. The first-order valence-corrected chi connectivity index (χ1v) is 11.8. The van der Waals surface area contributed by atoms with Gasteiger partial charge in [0.05, 0.1) is 12.1 Å². The van der Waals surface area contributed by atoms with E-state index in [1.807, 2.05) is 17.0 Å². The molecule has 8 nitrogen and oxygen atoms in total. The topological polar surface area (TPSA) is 105 Å². The molecule has 0 radical (unpaired) electrons. The lowest BCUT2D eigenvalue weighted by Crippen LogP contribution is -2.61. The second-order valence-corrected chi connectivity index (χ2v) is 8.89. The van der Waals surface area contributed by atoms with Gasteiger partial charge in [-0.3, -0.25) is 14.5 Å². The standard InChI is InChI=1S/C25H30ClFN4O4/c1-29-24(33)22(14-18-2-7-19(26)8-3-18)30-12-13-31(21(15-30)16-35-25(28)34)23(32)11-6-17-4-9-20(27)10-5-17/h2-5,7-10,21-22H,6,11-16H2,1H3,(H2,28,34)(H,29,33). The van der Waals surface area contributed by atoms with Crippen molar-refractivity contribution in [2.24, 2.45) is 5.73 Å². The number of ether oxygens (including phenoxy) is 1. The van der Waals surface area contributed by atoms with Crippen LogP contribution in [0.2, 0.25) is 5.02 Å². The summed E-state index contributed by atoms with van der Waals surface area (Å²) >= 11 is 5.99. The molecule has 1 heterocycles. The predicted octanol–water partition coefficient (Wildman–Crippen LogP) is 2.38. The summed E-state index contributed by atoms with van der Waals surface area (Å²) in [5, 5.41) is 3.33. The van der Waals surface area contributed by atoms with E-state index in [2.05, 4.69) is 5.32 Å². The molecule has 1 aliphatic rings. The monoisotopic (exact) mass is 504 g/mol. The minimum Gasteiger partial charge on any atom is -0.447 e. The number of rotatable bonds is 9. The van der Waals surface area contributed by atoms with Gasteiger partial charge in [0.2, 0.25) is 11.8 Å². The zero-order chi connectivity index (χ0) is 25.4. The maximum atomic E-state index is 13.2. The molecule has 3 N–H and O–H groups in total. The normalized spacial score (nSPS) is 17.0. The molecule has 35 heavy (non-hydrogen) atoms. The van der Waals surface area contributed by atoms with Gasteiger partial charge in [0.25, 0.3) is 0 Å². The van der Waals surface area contributed by atoms with E-state index in [4.69, 9.17) is 22.1 Å². The first-order valence-electron chi connectivity index (χ1n) is 11.4. The van der Waals surface area contributed by atoms with Crippen LogP contribution in [0.5, 0.6) is 0 Å². The largest absolute Gasteiger partial charge is 0.447 e. The molecular weight excluding hydrogens is 475 g/mol. The summed E-state index contributed by atoms with van der Waals surface area (Å²) in [6.07, 6.45) is 0.214. The summed E-state index contributed by atoms with van der Waals surface area (Å²) in [6, 6.07) is 12.4. The van der Waals surface area contributed by atoms with E-state index in [1.165, 1.54) is 12.1 Å². The van der Waals surface area contributed by atoms with Gasteiger partial charge in [-0.25, -0.2) is 9.18 Å². The maximum Gasteiger partial charge on any atom is 0.404 e. The SMILES string of the molecule is CNC(=O)C(Cc1ccc(Cl)cc1)N1CCN(C(=O)CCc2ccc(F)cc2)C(COC(N)=O)C1. The number of nitrogens with one attached hydrogen (secondary N) is 1. The lowest BCUT2D eigenvalue weighted by atomic mass is 10.0. The molecule has 1 aliphatic heterocycles. The molecule has 188 valence electrons. The molecule has 0 spiro atoms. The predicted molar refractivity (Wildman–Crippen MR) is 130 cm³/mol. The molecule has 0 aliphatic carbocycles. The molecule has 2 aromatic carbocycles. The van der Waals surface area contributed by atoms with Gasteiger partial charge in [-0.2, -0.15) is 0 Å². The Morgan fingerprint density at radius 1 is 1.11 bits per heavy atom. The molecule has 2 unspecified atom stereocenters. The summed E-state index contributed by atoms with van der Waals surface area (Å²) in [4.78, 5) is 40.8. The van der Waals surface area contributed by atoms with Crippen molar-refractivity contribution in [1.29, 1.82) is 0 Å². The Morgan fingerprint density at radius 3 is 2.40 bits per heavy atom. The summed E-state index contributed by atoms with van der Waals surface area (Å²) < 4.78 is 18.2. The van der Waals surface area contributed by atoms with Crippen LogP contribution >= 0.6 is 11.6 Å². The molecule has 1 saturated heterocycles. The van der Waals surface area contributed by atoms with Crippen molar-refractivity contribution >= 4 is 29.5 Å². The lowest BCUT2D eigenvalue weighted by molar-refractivity contribution is -0.139. The number of aryl methyl sites for hydroxylation is 1. The minimum absolute atomic E-state index is 0.0739. The quantitative estimate of drug-likeness (QED) is 0.545. The first-order chi connectivity index (χ1) is 16.8. The molecule has 3 amide bonds. The fourth-order valence-corrected chi connectivity index (χ4v) is 4.38. The molecule has 2 atom stereocenters. The van der Waals surface area contributed by atoms with Gasteiger partial charge in [0.15, 0.2) is 0 Å². The molecule has 0 saturated carbocycles. The fraction of sp³-hybridized carbons (Fsp3) is 0.400. The number of carbonyl (C=O) groups excluding carboxylic acids is 3. The number of nitrogens with two attached hydrogens (primary N) is 1. The van der Waals surface area contributed by atoms with Crippen molar-refractivity contribution in [2.45, 2.75) is 31.3 Å². The van der Waals surface area contributed by atoms with Crippen LogP contribution in [0.15, 0.2) is 48.5 Å². The minimum atomic E-state index is -0.926. The average Bonchev–Trinajstić information content (AvgIpc) is 2.86. The number of nitrogens with zero attached hydrogens (tertiary/aromatic N) is 2. The van der Waals surface area contributed by atoms with Crippen LogP contribution in [0, 0.1) is 5.82 Å². The third-order valence-electron chi connectivity index (χ3n) is 6.13. The van der Waals surface area contributed by atoms with Gasteiger partial charge in [-0.05, 0) is 48.2 Å². The van der Waals surface area contributed by atoms with Crippen molar-refractivity contribution in [3.05, 3.63) is 70.5 Å². The number of carbonyl (C=O) groups is 3. The summed E-state index contributed by atoms with van der Waals surface area (Å²) in [6.45, 7) is 1.10. The zero-order valence-corrected chi connectivity index (χ0v) is 20.3. The summed E-state index contributed by atoms with van der Waals surface area (Å²) in [5.41, 5.74) is 6.98. The van der Waals surface area contributed by atoms with Crippen molar-refractivity contribution < 1.29 is 23.5 Å². The number of primary amides is 1. The molecule has 3 rings (SSSR count). The van der Waals surface area contributed by atoms with E-state index in [0.717, 1.165) is 11.1 Å². The maximum absolute atomic E-state index is 13.2. The average molecular weight is 505 g/mol. The van der Waals surface area contributed by atoms with Crippen LogP contribution in [-0.4, -0.2) is 73.1 Å². The lowest BCUT2D eigenvalue weighted by Gasteiger charge is -2.43. The van der Waals surface area contributed by atoms with Crippen LogP contribution < -0.4 is 11.1 Å². The highest BCUT2D eigenvalue weighted by Crippen LogP contribution is 2.19. The van der Waals surface area contributed by atoms with Crippen LogP contribution in [0.3, 0.4) is 0 Å². The van der Waals surface area contributed by atoms with Gasteiger partial charge in [-0.15, -0.1) is 0 Å². The number of halogens is 2. The van der Waals surface area contributed by atoms with Crippen LogP contribution in [-0.2, 0) is 27.2 Å². The smallest absolute Gasteiger partial charge is 0.404 e. The van der Waals surface area contributed by atoms with Crippen molar-refractivity contribution in [3.8, 4) is 0 Å². The summed E-state index contributed by atoms with van der Waals surface area (Å²) in [5.74, 6) is -0.587. The van der Waals surface area contributed by atoms with Crippen molar-refractivity contribution in [3.63, 3.8) is 0 Å². The molecule has 0 bridgehead atoms. The highest BCUT2D eigenvalue weighted by molar-refractivity contribution is 6.30. The Labute approximate surface area is 209 Å². The summed E-state index contributed by atoms with van der Waals surface area (Å²) in [7, 11) is 1.58. The number of likely N-dealkylation sites (N-methyl/N-ethyl adjacent to an activating group) is 1. The third kappa shape index (κ3) is 7.66. The van der Waals surface area contributed by atoms with Crippen LogP contribution in [0.1, 0.15) is 17.5 Å². The highest BCUT2D eigenvalue weighted by Gasteiger charge is 2.36. The zero-order valence-electron chi connectivity index (χ0n) is 19.6. The van der Waals surface area contributed by atoms with E-state index in [-0.39, 0.29) is 30.7 Å². The second kappa shape index (κ2) is 12.5. The van der Waals surface area contributed by atoms with Gasteiger partial charge in [0.1, 0.15) is 12.4 Å². The molecule has 1 fully saturated rings. The number of benzene rings is 2. The van der Waals surface area contributed by atoms with E-state index >= 15 is 0 Å². The van der Waals surface area contributed by atoms with Gasteiger partial charge in [-0.1, -0.05) is 35.9 Å². The number of hydrogen-bond acceptors (Lipinski definition) is 5. The number of amides is 3. The second-order valence-electron chi connectivity index (χ2n) is 8.45. The van der Waals surface area contributed by atoms with Gasteiger partial charge in [0, 0.05) is 38.1 Å². The molecule has 0 aromatic heterocycles. The Bertz CT molecular complexity index is 1020. The Hall–Kier alpha value is -3.17. The van der Waals surface area contributed by atoms with E-state index < -0.39 is 18.2 Å². The number of hydrogen-bond donors (Lipinski definition) is 2. The van der Waals surface area contributed by atoms with Gasteiger partial charge >= 0.3 is 6.09 Å². The van der Waals surface area contributed by atoms with Crippen molar-refractivity contribution in [2.75, 3.05) is 33.3 Å². The van der Waals surface area contributed by atoms with E-state index in [9.17, 15) is 18.8 Å². The Balaban J connectivity index is 1.71. The molecule has 2 aromatic rings.